The highest BCUT2D eigenvalue weighted by Crippen LogP contribution is 2.28. The number of amides is 1. The molecule has 3 N–H and O–H groups in total. The Labute approximate surface area is 179 Å². The number of aromatic carboxylic acids is 1. The first-order chi connectivity index (χ1) is 15.1. The van der Waals surface area contributed by atoms with Gasteiger partial charge >= 0.3 is 5.97 Å². The van der Waals surface area contributed by atoms with Crippen molar-refractivity contribution >= 4 is 28.6 Å². The van der Waals surface area contributed by atoms with Crippen LogP contribution in [0.1, 0.15) is 46.0 Å². The summed E-state index contributed by atoms with van der Waals surface area (Å²) in [5, 5.41) is 20.7. The molecule has 1 aliphatic heterocycles. The van der Waals surface area contributed by atoms with Gasteiger partial charge < -0.3 is 20.5 Å². The second kappa shape index (κ2) is 9.13. The van der Waals surface area contributed by atoms with E-state index in [0.717, 1.165) is 35.1 Å². The van der Waals surface area contributed by atoms with E-state index in [-0.39, 0.29) is 24.1 Å². The number of carbonyl (C=O) groups excluding carboxylic acids is 1. The number of fused-ring (bicyclic) bond motifs is 1. The minimum absolute atomic E-state index is 0.208. The highest BCUT2D eigenvalue weighted by molar-refractivity contribution is 6.06. The number of hydrogen-bond acceptors (Lipinski definition) is 6. The molecule has 1 aliphatic rings. The molecule has 9 heteroatoms. The second-order valence-corrected chi connectivity index (χ2v) is 7.46. The molecule has 0 aliphatic carbocycles. The Morgan fingerprint density at radius 1 is 1.19 bits per heavy atom. The van der Waals surface area contributed by atoms with Gasteiger partial charge in [-0.3, -0.25) is 4.79 Å². The Kier molecular flexibility index (Phi) is 6.13. The number of ether oxygens (including phenoxy) is 1. The Morgan fingerprint density at radius 2 is 1.94 bits per heavy atom. The molecule has 2 aromatic heterocycles. The Morgan fingerprint density at radius 3 is 2.61 bits per heavy atom. The molecule has 0 atom stereocenters. The molecule has 162 valence electrons. The Bertz CT molecular complexity index is 1090. The number of carboxylic acids is 1. The zero-order chi connectivity index (χ0) is 21.8. The summed E-state index contributed by atoms with van der Waals surface area (Å²) in [6.07, 6.45) is 5.06. The first-order valence-electron chi connectivity index (χ1n) is 10.4. The number of hydrogen-bond donors (Lipinski definition) is 3. The van der Waals surface area contributed by atoms with Crippen LogP contribution in [0.3, 0.4) is 0 Å². The predicted molar refractivity (Wildman–Crippen MR) is 115 cm³/mol. The molecule has 3 heterocycles. The topological polar surface area (TPSA) is 118 Å². The minimum Gasteiger partial charge on any atom is -0.478 e. The lowest BCUT2D eigenvalue weighted by atomic mass is 10.1. The second-order valence-electron chi connectivity index (χ2n) is 7.46. The van der Waals surface area contributed by atoms with Crippen LogP contribution in [0.5, 0.6) is 0 Å². The van der Waals surface area contributed by atoms with Crippen molar-refractivity contribution in [2.45, 2.75) is 38.9 Å². The largest absolute Gasteiger partial charge is 0.478 e. The van der Waals surface area contributed by atoms with Crippen molar-refractivity contribution in [1.82, 2.24) is 20.1 Å². The zero-order valence-corrected chi connectivity index (χ0v) is 17.3. The Balaban J connectivity index is 1.58. The van der Waals surface area contributed by atoms with Crippen molar-refractivity contribution in [2.24, 2.45) is 0 Å². The number of anilines is 1. The molecule has 31 heavy (non-hydrogen) atoms. The number of rotatable bonds is 7. The van der Waals surface area contributed by atoms with Crippen molar-refractivity contribution in [3.05, 3.63) is 53.3 Å². The number of benzene rings is 1. The molecule has 1 saturated heterocycles. The van der Waals surface area contributed by atoms with Crippen LogP contribution in [0.4, 0.5) is 5.69 Å². The van der Waals surface area contributed by atoms with Crippen LogP contribution in [0.2, 0.25) is 0 Å². The quantitative estimate of drug-likeness (QED) is 0.535. The summed E-state index contributed by atoms with van der Waals surface area (Å²) in [5.41, 5.74) is 2.94. The highest BCUT2D eigenvalue weighted by Gasteiger charge is 2.22. The van der Waals surface area contributed by atoms with E-state index < -0.39 is 5.97 Å². The van der Waals surface area contributed by atoms with E-state index in [4.69, 9.17) is 9.84 Å². The van der Waals surface area contributed by atoms with Gasteiger partial charge in [0.2, 0.25) is 0 Å². The zero-order valence-electron chi connectivity index (χ0n) is 17.3. The standard InChI is InChI=1S/C22H25N5O4/c1-2-27-20-17(13-25-27)19(26-16-7-9-31-10-8-16)18(12-23-20)21(28)24-11-14-3-5-15(6-4-14)22(29)30/h3-6,12-13,16H,2,7-11H2,1H3,(H,23,26)(H,24,28)(H,29,30). The van der Waals surface area contributed by atoms with Crippen molar-refractivity contribution < 1.29 is 19.4 Å². The molecule has 3 aromatic rings. The SMILES string of the molecule is CCn1ncc2c(NC3CCOCC3)c(C(=O)NCc3ccc(C(=O)O)cc3)cnc21. The van der Waals surface area contributed by atoms with E-state index in [0.29, 0.717) is 25.3 Å². The van der Waals surface area contributed by atoms with Crippen LogP contribution in [-0.2, 0) is 17.8 Å². The molecule has 1 aromatic carbocycles. The number of aromatic nitrogens is 3. The van der Waals surface area contributed by atoms with Crippen LogP contribution < -0.4 is 10.6 Å². The molecule has 1 amide bonds. The van der Waals surface area contributed by atoms with Crippen LogP contribution in [0.25, 0.3) is 11.0 Å². The van der Waals surface area contributed by atoms with Gasteiger partial charge in [0.15, 0.2) is 5.65 Å². The minimum atomic E-state index is -0.980. The molecule has 0 saturated carbocycles. The maximum Gasteiger partial charge on any atom is 0.335 e. The van der Waals surface area contributed by atoms with Crippen LogP contribution >= 0.6 is 0 Å². The number of carbonyl (C=O) groups is 2. The fourth-order valence-electron chi connectivity index (χ4n) is 3.67. The van der Waals surface area contributed by atoms with E-state index in [1.54, 1.807) is 29.2 Å². The average Bonchev–Trinajstić information content (AvgIpc) is 3.22. The van der Waals surface area contributed by atoms with Crippen LogP contribution in [0.15, 0.2) is 36.7 Å². The van der Waals surface area contributed by atoms with Crippen LogP contribution in [0, 0.1) is 0 Å². The summed E-state index contributed by atoms with van der Waals surface area (Å²) in [6, 6.07) is 6.64. The van der Waals surface area contributed by atoms with Crippen molar-refractivity contribution in [3.63, 3.8) is 0 Å². The molecule has 0 radical (unpaired) electrons. The average molecular weight is 423 g/mol. The van der Waals surface area contributed by atoms with Gasteiger partial charge in [-0.05, 0) is 37.5 Å². The Hall–Kier alpha value is -3.46. The lowest BCUT2D eigenvalue weighted by Gasteiger charge is -2.25. The van der Waals surface area contributed by atoms with E-state index >= 15 is 0 Å². The van der Waals surface area contributed by atoms with Gasteiger partial charge in [-0.1, -0.05) is 12.1 Å². The third-order valence-electron chi connectivity index (χ3n) is 5.43. The van der Waals surface area contributed by atoms with Gasteiger partial charge in [0.25, 0.3) is 5.91 Å². The smallest absolute Gasteiger partial charge is 0.335 e. The highest BCUT2D eigenvalue weighted by atomic mass is 16.5. The molecular formula is C22H25N5O4. The van der Waals surface area contributed by atoms with Crippen LogP contribution in [-0.4, -0.2) is 51.0 Å². The summed E-state index contributed by atoms with van der Waals surface area (Å²) in [5.74, 6) is -1.23. The van der Waals surface area contributed by atoms with E-state index in [2.05, 4.69) is 20.7 Å². The van der Waals surface area contributed by atoms with Crippen molar-refractivity contribution in [3.8, 4) is 0 Å². The summed E-state index contributed by atoms with van der Waals surface area (Å²) in [7, 11) is 0. The summed E-state index contributed by atoms with van der Waals surface area (Å²) in [6.45, 7) is 4.34. The molecule has 9 nitrogen and oxygen atoms in total. The predicted octanol–water partition coefficient (Wildman–Crippen LogP) is 2.67. The fourth-order valence-corrected chi connectivity index (χ4v) is 3.67. The summed E-state index contributed by atoms with van der Waals surface area (Å²) in [4.78, 5) is 28.5. The maximum absolute atomic E-state index is 13.0. The van der Waals surface area contributed by atoms with Gasteiger partial charge in [0, 0.05) is 38.5 Å². The molecule has 1 fully saturated rings. The maximum atomic E-state index is 13.0. The molecule has 0 unspecified atom stereocenters. The number of nitrogens with one attached hydrogen (secondary N) is 2. The lowest BCUT2D eigenvalue weighted by Crippen LogP contribution is -2.30. The van der Waals surface area contributed by atoms with Gasteiger partial charge in [-0.2, -0.15) is 5.10 Å². The van der Waals surface area contributed by atoms with E-state index in [1.165, 1.54) is 12.1 Å². The van der Waals surface area contributed by atoms with Crippen molar-refractivity contribution in [2.75, 3.05) is 18.5 Å². The molecule has 0 spiro atoms. The third-order valence-corrected chi connectivity index (χ3v) is 5.43. The molecule has 4 rings (SSSR count). The summed E-state index contributed by atoms with van der Waals surface area (Å²) >= 11 is 0. The molecular weight excluding hydrogens is 398 g/mol. The fraction of sp³-hybridized carbons (Fsp3) is 0.364. The number of pyridine rings is 1. The van der Waals surface area contributed by atoms with E-state index in [1.807, 2.05) is 6.92 Å². The monoisotopic (exact) mass is 423 g/mol. The third kappa shape index (κ3) is 4.51. The number of aryl methyl sites for hydroxylation is 1. The van der Waals surface area contributed by atoms with Gasteiger partial charge in [0.05, 0.1) is 28.4 Å². The van der Waals surface area contributed by atoms with E-state index in [9.17, 15) is 9.59 Å². The van der Waals surface area contributed by atoms with Gasteiger partial charge in [0.1, 0.15) is 0 Å². The van der Waals surface area contributed by atoms with Gasteiger partial charge in [-0.15, -0.1) is 0 Å². The number of carboxylic acid groups (broad SMARTS) is 1. The lowest BCUT2D eigenvalue weighted by molar-refractivity contribution is 0.0696. The van der Waals surface area contributed by atoms with Gasteiger partial charge in [-0.25, -0.2) is 14.5 Å². The number of nitrogens with zero attached hydrogens (tertiary/aromatic N) is 3. The normalized spacial score (nSPS) is 14.5. The summed E-state index contributed by atoms with van der Waals surface area (Å²) < 4.78 is 7.25. The first kappa shape index (κ1) is 20.8. The first-order valence-corrected chi connectivity index (χ1v) is 10.4. The molecule has 0 bridgehead atoms. The van der Waals surface area contributed by atoms with Crippen molar-refractivity contribution in [1.29, 1.82) is 0 Å².